The molecule has 70 valence electrons. The third-order valence-corrected chi connectivity index (χ3v) is 1.83. The standard InChI is InChI=1S/C12H22/c1-5-6-7-8-9-12(4)10-11(2)3/h5-6,11H,4,7-10H2,1-3H3/b6-5-. The third-order valence-electron chi connectivity index (χ3n) is 1.83. The van der Waals surface area contributed by atoms with Crippen molar-refractivity contribution in [2.24, 2.45) is 5.92 Å². The Morgan fingerprint density at radius 2 is 2.08 bits per heavy atom. The minimum absolute atomic E-state index is 0.763. The molecule has 0 saturated carbocycles. The van der Waals surface area contributed by atoms with E-state index in [0.717, 1.165) is 5.92 Å². The minimum atomic E-state index is 0.763. The van der Waals surface area contributed by atoms with Crippen LogP contribution in [0.25, 0.3) is 0 Å². The molecule has 0 aromatic rings. The van der Waals surface area contributed by atoms with Crippen LogP contribution in [0.1, 0.15) is 46.5 Å². The topological polar surface area (TPSA) is 0 Å². The fourth-order valence-electron chi connectivity index (χ4n) is 1.32. The van der Waals surface area contributed by atoms with E-state index in [-0.39, 0.29) is 0 Å². The molecule has 12 heavy (non-hydrogen) atoms. The summed E-state index contributed by atoms with van der Waals surface area (Å²) >= 11 is 0. The molecule has 0 aromatic heterocycles. The first-order chi connectivity index (χ1) is 5.66. The van der Waals surface area contributed by atoms with Crippen LogP contribution >= 0.6 is 0 Å². The van der Waals surface area contributed by atoms with E-state index in [4.69, 9.17) is 0 Å². The summed E-state index contributed by atoms with van der Waals surface area (Å²) in [5, 5.41) is 0. The molecule has 0 fully saturated rings. The molecule has 0 unspecified atom stereocenters. The third kappa shape index (κ3) is 7.59. The molecule has 0 heterocycles. The minimum Gasteiger partial charge on any atom is -0.0999 e. The molecular weight excluding hydrogens is 144 g/mol. The van der Waals surface area contributed by atoms with Crippen molar-refractivity contribution in [2.75, 3.05) is 0 Å². The van der Waals surface area contributed by atoms with Gasteiger partial charge >= 0.3 is 0 Å². The van der Waals surface area contributed by atoms with Crippen LogP contribution in [0.15, 0.2) is 24.3 Å². The predicted molar refractivity (Wildman–Crippen MR) is 57.3 cm³/mol. The zero-order chi connectivity index (χ0) is 9.40. The lowest BCUT2D eigenvalue weighted by atomic mass is 10.00. The number of allylic oxidation sites excluding steroid dienone is 3. The van der Waals surface area contributed by atoms with Gasteiger partial charge in [0, 0.05) is 0 Å². The van der Waals surface area contributed by atoms with Crippen molar-refractivity contribution in [3.63, 3.8) is 0 Å². The Balaban J connectivity index is 3.32. The van der Waals surface area contributed by atoms with E-state index < -0.39 is 0 Å². The van der Waals surface area contributed by atoms with Crippen molar-refractivity contribution in [1.82, 2.24) is 0 Å². The van der Waals surface area contributed by atoms with E-state index in [2.05, 4.69) is 39.5 Å². The lowest BCUT2D eigenvalue weighted by Gasteiger charge is -2.06. The molecule has 0 heteroatoms. The molecule has 0 rings (SSSR count). The van der Waals surface area contributed by atoms with E-state index in [1.54, 1.807) is 0 Å². The van der Waals surface area contributed by atoms with Gasteiger partial charge in [-0.05, 0) is 38.5 Å². The van der Waals surface area contributed by atoms with Crippen LogP contribution in [-0.2, 0) is 0 Å². The fraction of sp³-hybridized carbons (Fsp3) is 0.667. The van der Waals surface area contributed by atoms with Crippen molar-refractivity contribution in [1.29, 1.82) is 0 Å². The second-order valence-corrected chi connectivity index (χ2v) is 3.81. The van der Waals surface area contributed by atoms with Gasteiger partial charge in [-0.2, -0.15) is 0 Å². The first-order valence-corrected chi connectivity index (χ1v) is 4.94. The Morgan fingerprint density at radius 1 is 1.42 bits per heavy atom. The highest BCUT2D eigenvalue weighted by molar-refractivity contribution is 4.95. The summed E-state index contributed by atoms with van der Waals surface area (Å²) < 4.78 is 0. The molecule has 0 radical (unpaired) electrons. The summed E-state index contributed by atoms with van der Waals surface area (Å²) in [6.45, 7) is 10.6. The summed E-state index contributed by atoms with van der Waals surface area (Å²) in [7, 11) is 0. The summed E-state index contributed by atoms with van der Waals surface area (Å²) in [4.78, 5) is 0. The van der Waals surface area contributed by atoms with E-state index >= 15 is 0 Å². The highest BCUT2D eigenvalue weighted by Crippen LogP contribution is 2.14. The van der Waals surface area contributed by atoms with Crippen LogP contribution in [0, 0.1) is 5.92 Å². The van der Waals surface area contributed by atoms with Crippen LogP contribution in [0.3, 0.4) is 0 Å². The van der Waals surface area contributed by atoms with Crippen molar-refractivity contribution >= 4 is 0 Å². The lowest BCUT2D eigenvalue weighted by molar-refractivity contribution is 0.619. The van der Waals surface area contributed by atoms with Crippen LogP contribution in [-0.4, -0.2) is 0 Å². The fourth-order valence-corrected chi connectivity index (χ4v) is 1.32. The molecule has 0 nitrogen and oxygen atoms in total. The van der Waals surface area contributed by atoms with Gasteiger partial charge in [0.25, 0.3) is 0 Å². The maximum Gasteiger partial charge on any atom is -0.0300 e. The molecule has 0 bridgehead atoms. The van der Waals surface area contributed by atoms with Gasteiger partial charge in [0.1, 0.15) is 0 Å². The van der Waals surface area contributed by atoms with Crippen molar-refractivity contribution in [3.05, 3.63) is 24.3 Å². The highest BCUT2D eigenvalue weighted by Gasteiger charge is 1.97. The average Bonchev–Trinajstić information content (AvgIpc) is 1.97. The quantitative estimate of drug-likeness (QED) is 0.407. The Bertz CT molecular complexity index is 140. The molecule has 0 atom stereocenters. The maximum absolute atomic E-state index is 4.07. The van der Waals surface area contributed by atoms with Gasteiger partial charge in [0.05, 0.1) is 0 Å². The van der Waals surface area contributed by atoms with Gasteiger partial charge in [-0.25, -0.2) is 0 Å². The Morgan fingerprint density at radius 3 is 2.58 bits per heavy atom. The zero-order valence-electron chi connectivity index (χ0n) is 8.77. The summed E-state index contributed by atoms with van der Waals surface area (Å²) in [5.74, 6) is 0.763. The van der Waals surface area contributed by atoms with E-state index in [1.165, 1.54) is 31.3 Å². The monoisotopic (exact) mass is 166 g/mol. The molecular formula is C12H22. The van der Waals surface area contributed by atoms with Crippen LogP contribution < -0.4 is 0 Å². The van der Waals surface area contributed by atoms with Crippen LogP contribution in [0.2, 0.25) is 0 Å². The molecule has 0 saturated heterocycles. The maximum atomic E-state index is 4.07. The summed E-state index contributed by atoms with van der Waals surface area (Å²) in [6, 6.07) is 0. The second-order valence-electron chi connectivity index (χ2n) is 3.81. The molecule has 0 aliphatic carbocycles. The smallest absolute Gasteiger partial charge is 0.0300 e. The van der Waals surface area contributed by atoms with Gasteiger partial charge in [0.2, 0.25) is 0 Å². The summed E-state index contributed by atoms with van der Waals surface area (Å²) in [5.41, 5.74) is 1.41. The van der Waals surface area contributed by atoms with Gasteiger partial charge in [-0.15, -0.1) is 0 Å². The van der Waals surface area contributed by atoms with Crippen molar-refractivity contribution in [3.8, 4) is 0 Å². The number of rotatable bonds is 6. The SMILES string of the molecule is C=C(CCC/C=C\C)CC(C)C. The van der Waals surface area contributed by atoms with Crippen LogP contribution in [0.5, 0.6) is 0 Å². The largest absolute Gasteiger partial charge is 0.0999 e. The van der Waals surface area contributed by atoms with Gasteiger partial charge < -0.3 is 0 Å². The summed E-state index contributed by atoms with van der Waals surface area (Å²) in [6.07, 6.45) is 9.19. The highest BCUT2D eigenvalue weighted by atomic mass is 14.0. The first kappa shape index (κ1) is 11.5. The van der Waals surface area contributed by atoms with E-state index in [1.807, 2.05) is 0 Å². The van der Waals surface area contributed by atoms with E-state index in [9.17, 15) is 0 Å². The Kier molecular flexibility index (Phi) is 6.84. The normalized spacial score (nSPS) is 11.3. The van der Waals surface area contributed by atoms with Crippen LogP contribution in [0.4, 0.5) is 0 Å². The average molecular weight is 166 g/mol. The molecule has 0 aliphatic rings. The van der Waals surface area contributed by atoms with Gasteiger partial charge in [0.15, 0.2) is 0 Å². The number of unbranched alkanes of at least 4 members (excludes halogenated alkanes) is 1. The molecule has 0 amide bonds. The van der Waals surface area contributed by atoms with E-state index in [0.29, 0.717) is 0 Å². The number of hydrogen-bond donors (Lipinski definition) is 0. The number of hydrogen-bond acceptors (Lipinski definition) is 0. The zero-order valence-corrected chi connectivity index (χ0v) is 8.77. The first-order valence-electron chi connectivity index (χ1n) is 4.94. The molecule has 0 aromatic carbocycles. The molecule has 0 spiro atoms. The Labute approximate surface area is 77.4 Å². The Hall–Kier alpha value is -0.520. The second kappa shape index (κ2) is 7.15. The molecule has 0 aliphatic heterocycles. The van der Waals surface area contributed by atoms with Gasteiger partial charge in [-0.1, -0.05) is 38.2 Å². The van der Waals surface area contributed by atoms with Crippen molar-refractivity contribution < 1.29 is 0 Å². The lowest BCUT2D eigenvalue weighted by Crippen LogP contribution is -1.90. The predicted octanol–water partition coefficient (Wildman–Crippen LogP) is 4.34. The molecule has 0 N–H and O–H groups in total. The van der Waals surface area contributed by atoms with Gasteiger partial charge in [-0.3, -0.25) is 0 Å². The van der Waals surface area contributed by atoms with Crippen molar-refractivity contribution in [2.45, 2.75) is 46.5 Å².